The summed E-state index contributed by atoms with van der Waals surface area (Å²) in [6.45, 7) is 3.93. The summed E-state index contributed by atoms with van der Waals surface area (Å²) in [5, 5.41) is 0.932. The first kappa shape index (κ1) is 22.6. The topological polar surface area (TPSA) is 68.3 Å². The molecule has 8 heteroatoms. The van der Waals surface area contributed by atoms with Gasteiger partial charge in [-0.15, -0.1) is 0 Å². The van der Waals surface area contributed by atoms with Gasteiger partial charge in [0.1, 0.15) is 0 Å². The predicted molar refractivity (Wildman–Crippen MR) is 124 cm³/mol. The molecule has 2 aromatic carbocycles. The quantitative estimate of drug-likeness (QED) is 0.492. The van der Waals surface area contributed by atoms with E-state index in [2.05, 4.69) is 0 Å². The SMILES string of the molecule is CCC12C=C(S(=O)(=O)c3ccc(Cl)cc3)CC1(C)CC(S(=O)(=O)c1ccc(Cl)cc1)=C2. The van der Waals surface area contributed by atoms with Crippen LogP contribution in [0.5, 0.6) is 0 Å². The molecule has 0 aliphatic heterocycles. The van der Waals surface area contributed by atoms with E-state index >= 15 is 0 Å². The van der Waals surface area contributed by atoms with Crippen LogP contribution in [0, 0.1) is 10.8 Å². The van der Waals surface area contributed by atoms with Crippen molar-refractivity contribution < 1.29 is 16.8 Å². The second-order valence-electron chi connectivity index (χ2n) is 8.44. The Morgan fingerprint density at radius 1 is 0.742 bits per heavy atom. The molecule has 2 aliphatic rings. The summed E-state index contributed by atoms with van der Waals surface area (Å²) in [5.41, 5.74) is -1.18. The lowest BCUT2D eigenvalue weighted by Crippen LogP contribution is -2.29. The molecule has 0 spiro atoms. The fourth-order valence-corrected chi connectivity index (χ4v) is 8.33. The molecule has 4 nitrogen and oxygen atoms in total. The molecule has 0 atom stereocenters. The minimum absolute atomic E-state index is 0.191. The van der Waals surface area contributed by atoms with Crippen molar-refractivity contribution in [2.24, 2.45) is 10.8 Å². The van der Waals surface area contributed by atoms with Crippen LogP contribution in [0.2, 0.25) is 10.0 Å². The van der Waals surface area contributed by atoms with E-state index in [0.29, 0.717) is 26.3 Å². The van der Waals surface area contributed by atoms with Gasteiger partial charge in [0.2, 0.25) is 19.7 Å². The minimum Gasteiger partial charge on any atom is -0.219 e. The normalized spacial score (nSPS) is 25.8. The molecule has 4 rings (SSSR count). The van der Waals surface area contributed by atoms with Gasteiger partial charge < -0.3 is 0 Å². The second-order valence-corrected chi connectivity index (χ2v) is 13.3. The predicted octanol–water partition coefficient (Wildman–Crippen LogP) is 6.22. The molecule has 2 aromatic rings. The molecular formula is C23H22Cl2O4S2. The van der Waals surface area contributed by atoms with E-state index in [-0.39, 0.29) is 22.6 Å². The third-order valence-electron chi connectivity index (χ3n) is 6.61. The van der Waals surface area contributed by atoms with Crippen LogP contribution >= 0.6 is 23.2 Å². The van der Waals surface area contributed by atoms with Crippen molar-refractivity contribution in [3.8, 4) is 0 Å². The van der Waals surface area contributed by atoms with E-state index in [1.54, 1.807) is 36.4 Å². The summed E-state index contributed by atoms with van der Waals surface area (Å²) in [4.78, 5) is 1.05. The molecule has 0 saturated heterocycles. The smallest absolute Gasteiger partial charge is 0.202 e. The molecule has 0 fully saturated rings. The standard InChI is InChI=1S/C23H22Cl2O4S2/c1-3-23-14-20(30(26,27)18-8-4-16(24)5-9-18)12-22(23,2)13-21(15-23)31(28,29)19-10-6-17(25)7-11-19/h4-11,14-15H,3,12-13H2,1-2H3. The summed E-state index contributed by atoms with van der Waals surface area (Å²) >= 11 is 11.8. The first-order valence-electron chi connectivity index (χ1n) is 9.88. The maximum Gasteiger partial charge on any atom is 0.202 e. The molecule has 0 bridgehead atoms. The molecular weight excluding hydrogens is 475 g/mol. The van der Waals surface area contributed by atoms with Crippen LogP contribution in [0.3, 0.4) is 0 Å². The number of hydrogen-bond acceptors (Lipinski definition) is 4. The average molecular weight is 497 g/mol. The molecule has 0 unspecified atom stereocenters. The fraction of sp³-hybridized carbons (Fsp3) is 0.304. The van der Waals surface area contributed by atoms with E-state index in [1.165, 1.54) is 24.3 Å². The van der Waals surface area contributed by atoms with Crippen LogP contribution in [0.15, 0.2) is 80.3 Å². The highest BCUT2D eigenvalue weighted by Gasteiger charge is 2.56. The van der Waals surface area contributed by atoms with Crippen LogP contribution in [0.25, 0.3) is 0 Å². The summed E-state index contributed by atoms with van der Waals surface area (Å²) in [6, 6.07) is 12.2. The van der Waals surface area contributed by atoms with Gasteiger partial charge >= 0.3 is 0 Å². The van der Waals surface area contributed by atoms with Crippen molar-refractivity contribution in [1.82, 2.24) is 0 Å². The highest BCUT2D eigenvalue weighted by molar-refractivity contribution is 7.95. The number of fused-ring (bicyclic) bond motifs is 1. The molecule has 0 amide bonds. The van der Waals surface area contributed by atoms with Crippen molar-refractivity contribution in [2.75, 3.05) is 0 Å². The first-order valence-corrected chi connectivity index (χ1v) is 13.6. The summed E-state index contributed by atoms with van der Waals surface area (Å²) in [5.74, 6) is 0. The van der Waals surface area contributed by atoms with Crippen LogP contribution < -0.4 is 0 Å². The Hall–Kier alpha value is -1.60. The van der Waals surface area contributed by atoms with Crippen molar-refractivity contribution in [1.29, 1.82) is 0 Å². The lowest BCUT2D eigenvalue weighted by molar-refractivity contribution is 0.190. The summed E-state index contributed by atoms with van der Waals surface area (Å²) < 4.78 is 53.0. The Balaban J connectivity index is 1.77. The van der Waals surface area contributed by atoms with E-state index < -0.39 is 30.5 Å². The van der Waals surface area contributed by atoms with Gasteiger partial charge in [-0.1, -0.05) is 49.2 Å². The molecule has 164 valence electrons. The molecule has 0 N–H and O–H groups in total. The van der Waals surface area contributed by atoms with Gasteiger partial charge in [-0.25, -0.2) is 16.8 Å². The van der Waals surface area contributed by atoms with Crippen molar-refractivity contribution in [2.45, 2.75) is 42.9 Å². The van der Waals surface area contributed by atoms with Crippen molar-refractivity contribution in [3.05, 3.63) is 80.5 Å². The van der Waals surface area contributed by atoms with Gasteiger partial charge in [-0.3, -0.25) is 0 Å². The highest BCUT2D eigenvalue weighted by atomic mass is 35.5. The number of halogens is 2. The lowest BCUT2D eigenvalue weighted by Gasteiger charge is -2.36. The second kappa shape index (κ2) is 7.48. The van der Waals surface area contributed by atoms with Crippen LogP contribution in [-0.2, 0) is 19.7 Å². The van der Waals surface area contributed by atoms with Gasteiger partial charge in [0.25, 0.3) is 0 Å². The van der Waals surface area contributed by atoms with Crippen LogP contribution in [0.1, 0.15) is 33.1 Å². The Kier molecular flexibility index (Phi) is 5.45. The van der Waals surface area contributed by atoms with Crippen molar-refractivity contribution >= 4 is 42.9 Å². The number of sulfone groups is 2. The van der Waals surface area contributed by atoms with Gasteiger partial charge in [-0.2, -0.15) is 0 Å². The number of allylic oxidation sites excluding steroid dienone is 4. The monoisotopic (exact) mass is 496 g/mol. The summed E-state index contributed by atoms with van der Waals surface area (Å²) in [7, 11) is -7.37. The third kappa shape index (κ3) is 3.58. The Morgan fingerprint density at radius 2 is 1.10 bits per heavy atom. The minimum atomic E-state index is -3.68. The average Bonchev–Trinajstić information content (AvgIpc) is 3.17. The van der Waals surface area contributed by atoms with Gasteiger partial charge in [0, 0.05) is 25.3 Å². The Morgan fingerprint density at radius 3 is 1.39 bits per heavy atom. The van der Waals surface area contributed by atoms with Crippen molar-refractivity contribution in [3.63, 3.8) is 0 Å². The van der Waals surface area contributed by atoms with E-state index in [9.17, 15) is 16.8 Å². The molecule has 0 aromatic heterocycles. The largest absolute Gasteiger partial charge is 0.219 e. The van der Waals surface area contributed by atoms with E-state index in [0.717, 1.165) is 0 Å². The zero-order chi connectivity index (χ0) is 22.7. The lowest BCUT2D eigenvalue weighted by atomic mass is 9.67. The van der Waals surface area contributed by atoms with Crippen LogP contribution in [-0.4, -0.2) is 16.8 Å². The van der Waals surface area contributed by atoms with Gasteiger partial charge in [0.05, 0.1) is 9.79 Å². The molecule has 0 saturated carbocycles. The number of hydrogen-bond donors (Lipinski definition) is 0. The maximum atomic E-state index is 13.2. The Bertz CT molecular complexity index is 1210. The van der Waals surface area contributed by atoms with Gasteiger partial charge in [-0.05, 0) is 73.2 Å². The highest BCUT2D eigenvalue weighted by Crippen LogP contribution is 2.63. The fourth-order valence-electron chi connectivity index (χ4n) is 4.73. The molecule has 0 heterocycles. The van der Waals surface area contributed by atoms with Crippen LogP contribution in [0.4, 0.5) is 0 Å². The third-order valence-corrected chi connectivity index (χ3v) is 10.8. The molecule has 0 radical (unpaired) electrons. The maximum absolute atomic E-state index is 13.2. The zero-order valence-corrected chi connectivity index (χ0v) is 20.2. The molecule has 2 aliphatic carbocycles. The van der Waals surface area contributed by atoms with E-state index in [1.807, 2.05) is 13.8 Å². The zero-order valence-electron chi connectivity index (χ0n) is 17.1. The molecule has 31 heavy (non-hydrogen) atoms. The number of rotatable bonds is 5. The first-order chi connectivity index (χ1) is 14.4. The summed E-state index contributed by atoms with van der Waals surface area (Å²) in [6.07, 6.45) is 4.69. The van der Waals surface area contributed by atoms with E-state index in [4.69, 9.17) is 23.2 Å². The van der Waals surface area contributed by atoms with Gasteiger partial charge in [0.15, 0.2) is 0 Å². The number of benzene rings is 2. The Labute approximate surface area is 193 Å².